The molecule has 0 unspecified atom stereocenters. The topological polar surface area (TPSA) is 106 Å². The number of allylic oxidation sites excluding steroid dienone is 1. The highest BCUT2D eigenvalue weighted by Gasteiger charge is 2.32. The quantitative estimate of drug-likeness (QED) is 0.668. The first kappa shape index (κ1) is 21.9. The number of carbonyl (C=O) groups excluding carboxylic acids is 1. The van der Waals surface area contributed by atoms with Gasteiger partial charge in [-0.3, -0.25) is 14.8 Å². The summed E-state index contributed by atoms with van der Waals surface area (Å²) >= 11 is 1.45. The minimum atomic E-state index is -0.765. The third kappa shape index (κ3) is 5.13. The number of nitrogens with one attached hydrogen (secondary N) is 1. The molecule has 0 saturated carbocycles. The van der Waals surface area contributed by atoms with Gasteiger partial charge in [-0.15, -0.1) is 0 Å². The molecule has 0 bridgehead atoms. The lowest BCUT2D eigenvalue weighted by molar-refractivity contribution is -0.110. The number of hydrogen-bond acceptors (Lipinski definition) is 6. The van der Waals surface area contributed by atoms with Crippen LogP contribution in [-0.4, -0.2) is 29.6 Å². The van der Waals surface area contributed by atoms with E-state index in [1.165, 1.54) is 30.9 Å². The van der Waals surface area contributed by atoms with Gasteiger partial charge in [0.25, 0.3) is 5.91 Å². The number of hydrogen-bond donors (Lipinski definition) is 3. The minimum absolute atomic E-state index is 0.195. The smallest absolute Gasteiger partial charge is 0.273 e. The van der Waals surface area contributed by atoms with Gasteiger partial charge in [0.1, 0.15) is 11.5 Å². The predicted octanol–water partition coefficient (Wildman–Crippen LogP) is 3.39. The van der Waals surface area contributed by atoms with Crippen LogP contribution in [0.1, 0.15) is 39.7 Å². The number of benzene rings is 1. The maximum Gasteiger partial charge on any atom is 0.273 e. The van der Waals surface area contributed by atoms with E-state index in [-0.39, 0.29) is 16.9 Å². The van der Waals surface area contributed by atoms with Gasteiger partial charge < -0.3 is 16.8 Å². The van der Waals surface area contributed by atoms with Crippen molar-refractivity contribution in [2.45, 2.75) is 39.7 Å². The van der Waals surface area contributed by atoms with E-state index in [0.717, 1.165) is 5.75 Å². The first-order valence-corrected chi connectivity index (χ1v) is 9.99. The number of anilines is 1. The molecule has 8 heteroatoms. The van der Waals surface area contributed by atoms with Gasteiger partial charge in [-0.25, -0.2) is 4.39 Å². The Morgan fingerprint density at radius 1 is 1.43 bits per heavy atom. The summed E-state index contributed by atoms with van der Waals surface area (Å²) in [6.07, 6.45) is 2.21. The lowest BCUT2D eigenvalue weighted by Gasteiger charge is -2.30. The average molecular weight is 406 g/mol. The fraction of sp³-hybridized carbons (Fsp3) is 0.450. The van der Waals surface area contributed by atoms with E-state index < -0.39 is 11.4 Å². The summed E-state index contributed by atoms with van der Waals surface area (Å²) in [6.45, 7) is 7.69. The molecule has 0 spiro atoms. The lowest BCUT2D eigenvalue weighted by atomic mass is 9.89. The van der Waals surface area contributed by atoms with Crippen molar-refractivity contribution in [3.63, 3.8) is 0 Å². The molecule has 2 rings (SSSR count). The molecule has 0 fully saturated rings. The second-order valence-electron chi connectivity index (χ2n) is 7.93. The molecule has 152 valence electrons. The van der Waals surface area contributed by atoms with E-state index in [1.807, 2.05) is 27.7 Å². The van der Waals surface area contributed by atoms with Crippen LogP contribution in [0.2, 0.25) is 0 Å². The number of nitrogens with zero attached hydrogens (tertiary/aromatic N) is 2. The Morgan fingerprint density at radius 2 is 2.11 bits per heavy atom. The van der Waals surface area contributed by atoms with Crippen molar-refractivity contribution >= 4 is 34.2 Å². The molecule has 0 radical (unpaired) electrons. The Hall–Kier alpha value is -2.35. The van der Waals surface area contributed by atoms with Gasteiger partial charge in [-0.2, -0.15) is 0 Å². The van der Waals surface area contributed by atoms with E-state index in [4.69, 9.17) is 11.5 Å². The molecule has 28 heavy (non-hydrogen) atoms. The van der Waals surface area contributed by atoms with Crippen molar-refractivity contribution in [3.05, 3.63) is 41.4 Å². The Balaban J connectivity index is 2.30. The summed E-state index contributed by atoms with van der Waals surface area (Å²) in [7, 11) is 1.52. The largest absolute Gasteiger partial charge is 0.402 e. The molecule has 1 amide bonds. The van der Waals surface area contributed by atoms with Crippen LogP contribution >= 0.6 is 11.8 Å². The molecule has 1 aromatic carbocycles. The Labute approximate surface area is 169 Å². The number of halogens is 1. The number of carbonyl (C=O) groups is 1. The van der Waals surface area contributed by atoms with Crippen LogP contribution in [0, 0.1) is 11.2 Å². The monoisotopic (exact) mass is 405 g/mol. The molecule has 1 aromatic rings. The normalized spacial score (nSPS) is 21.3. The van der Waals surface area contributed by atoms with Crippen LogP contribution in [0.3, 0.4) is 0 Å². The third-order valence-corrected chi connectivity index (χ3v) is 5.43. The summed E-state index contributed by atoms with van der Waals surface area (Å²) in [5.41, 5.74) is 12.4. The SMILES string of the molecule is CN=C(C=C(N)C(C)(C)C)C(=O)Nc1ccc(F)c([C@]2(C)CCSC(N)=N2)c1. The summed E-state index contributed by atoms with van der Waals surface area (Å²) in [6, 6.07) is 4.44. The zero-order valence-corrected chi connectivity index (χ0v) is 17.8. The maximum atomic E-state index is 14.5. The van der Waals surface area contributed by atoms with Gasteiger partial charge in [0.2, 0.25) is 0 Å². The van der Waals surface area contributed by atoms with Gasteiger partial charge in [0.15, 0.2) is 5.17 Å². The highest BCUT2D eigenvalue weighted by molar-refractivity contribution is 8.13. The standard InChI is InChI=1S/C20H28FN5OS/c1-19(2,3)16(22)11-15(24-5)17(27)25-12-6-7-14(21)13(10-12)20(4)8-9-28-18(23)26-20/h6-7,10-11H,8-9,22H2,1-5H3,(H2,23,26)(H,25,27)/t20-/m0/s1. The highest BCUT2D eigenvalue weighted by atomic mass is 32.2. The second kappa shape index (κ2) is 8.34. The Morgan fingerprint density at radius 3 is 2.68 bits per heavy atom. The minimum Gasteiger partial charge on any atom is -0.402 e. The fourth-order valence-electron chi connectivity index (χ4n) is 2.69. The number of aliphatic imine (C=N–C) groups is 2. The molecule has 1 heterocycles. The van der Waals surface area contributed by atoms with Crippen LogP contribution in [0.25, 0.3) is 0 Å². The third-order valence-electron chi connectivity index (χ3n) is 4.63. The van der Waals surface area contributed by atoms with Crippen LogP contribution in [0.5, 0.6) is 0 Å². The van der Waals surface area contributed by atoms with E-state index in [9.17, 15) is 9.18 Å². The molecule has 5 N–H and O–H groups in total. The van der Waals surface area contributed by atoms with Crippen molar-refractivity contribution in [3.8, 4) is 0 Å². The number of nitrogens with two attached hydrogens (primary N) is 2. The second-order valence-corrected chi connectivity index (χ2v) is 9.04. The van der Waals surface area contributed by atoms with E-state index in [2.05, 4.69) is 15.3 Å². The highest BCUT2D eigenvalue weighted by Crippen LogP contribution is 2.37. The van der Waals surface area contributed by atoms with Crippen LogP contribution in [-0.2, 0) is 10.3 Å². The molecule has 6 nitrogen and oxygen atoms in total. The van der Waals surface area contributed by atoms with Gasteiger partial charge in [0.05, 0.1) is 5.54 Å². The summed E-state index contributed by atoms with van der Waals surface area (Å²) in [4.78, 5) is 21.1. The fourth-order valence-corrected chi connectivity index (χ4v) is 3.66. The van der Waals surface area contributed by atoms with E-state index >= 15 is 0 Å². The zero-order valence-electron chi connectivity index (χ0n) is 17.0. The molecular weight excluding hydrogens is 377 g/mol. The van der Waals surface area contributed by atoms with Gasteiger partial charge >= 0.3 is 0 Å². The molecule has 0 aromatic heterocycles. The number of amides is 1. The van der Waals surface area contributed by atoms with E-state index in [1.54, 1.807) is 12.1 Å². The van der Waals surface area contributed by atoms with Crippen molar-refractivity contribution in [2.75, 3.05) is 18.1 Å². The maximum absolute atomic E-state index is 14.5. The Bertz CT molecular complexity index is 857. The predicted molar refractivity (Wildman–Crippen MR) is 116 cm³/mol. The summed E-state index contributed by atoms with van der Waals surface area (Å²) in [5.74, 6) is -0.0458. The number of rotatable bonds is 4. The number of amidine groups is 1. The lowest BCUT2D eigenvalue weighted by Crippen LogP contribution is -2.30. The van der Waals surface area contributed by atoms with E-state index in [0.29, 0.717) is 28.5 Å². The molecule has 0 saturated heterocycles. The zero-order chi connectivity index (χ0) is 21.1. The molecule has 0 aliphatic carbocycles. The molecule has 1 aliphatic rings. The molecule has 1 atom stereocenters. The molecule has 1 aliphatic heterocycles. The van der Waals surface area contributed by atoms with Crippen molar-refractivity contribution < 1.29 is 9.18 Å². The average Bonchev–Trinajstić information content (AvgIpc) is 2.59. The van der Waals surface area contributed by atoms with Gasteiger partial charge in [-0.1, -0.05) is 32.5 Å². The van der Waals surface area contributed by atoms with Gasteiger partial charge in [0, 0.05) is 35.2 Å². The van der Waals surface area contributed by atoms with Crippen molar-refractivity contribution in [1.29, 1.82) is 0 Å². The van der Waals surface area contributed by atoms with Gasteiger partial charge in [-0.05, 0) is 37.6 Å². The summed E-state index contributed by atoms with van der Waals surface area (Å²) in [5, 5.41) is 3.20. The van der Waals surface area contributed by atoms with Crippen molar-refractivity contribution in [2.24, 2.45) is 26.9 Å². The van der Waals surface area contributed by atoms with Crippen molar-refractivity contribution in [1.82, 2.24) is 0 Å². The first-order valence-electron chi connectivity index (χ1n) is 9.00. The first-order chi connectivity index (χ1) is 13.0. The molecular formula is C20H28FN5OS. The number of thioether (sulfide) groups is 1. The Kier molecular flexibility index (Phi) is 6.54. The summed E-state index contributed by atoms with van der Waals surface area (Å²) < 4.78 is 14.5. The van der Waals surface area contributed by atoms with Crippen LogP contribution in [0.4, 0.5) is 10.1 Å². The van der Waals surface area contributed by atoms with Crippen LogP contribution < -0.4 is 16.8 Å². The van der Waals surface area contributed by atoms with Crippen LogP contribution in [0.15, 0.2) is 40.0 Å².